The molecule has 1 heterocycles. The third-order valence-corrected chi connectivity index (χ3v) is 3.30. The number of aryl methyl sites for hydroxylation is 2. The molecule has 0 spiro atoms. The molecule has 0 radical (unpaired) electrons. The molecule has 0 amide bonds. The Morgan fingerprint density at radius 1 is 1.47 bits per heavy atom. The number of nitriles is 1. The first-order valence-electron chi connectivity index (χ1n) is 7.19. The van der Waals surface area contributed by atoms with Crippen molar-refractivity contribution in [3.05, 3.63) is 18.2 Å². The third kappa shape index (κ3) is 5.04. The molecule has 4 nitrogen and oxygen atoms in total. The summed E-state index contributed by atoms with van der Waals surface area (Å²) < 4.78 is 2.21. The lowest BCUT2D eigenvalue weighted by atomic mass is 9.95. The molecule has 0 aliphatic carbocycles. The van der Waals surface area contributed by atoms with Crippen LogP contribution in [0.3, 0.4) is 0 Å². The Bertz CT molecular complexity index is 416. The molecule has 1 unspecified atom stereocenters. The van der Waals surface area contributed by atoms with E-state index in [1.807, 2.05) is 19.3 Å². The maximum atomic E-state index is 9.27. The predicted octanol–water partition coefficient (Wildman–Crippen LogP) is 2.90. The van der Waals surface area contributed by atoms with Crippen molar-refractivity contribution in [1.82, 2.24) is 14.9 Å². The van der Waals surface area contributed by atoms with E-state index in [1.54, 1.807) is 0 Å². The molecule has 19 heavy (non-hydrogen) atoms. The monoisotopic (exact) mass is 262 g/mol. The maximum absolute atomic E-state index is 9.27. The Morgan fingerprint density at radius 3 is 2.79 bits per heavy atom. The van der Waals surface area contributed by atoms with Crippen molar-refractivity contribution in [2.75, 3.05) is 0 Å². The van der Waals surface area contributed by atoms with Gasteiger partial charge in [-0.15, -0.1) is 0 Å². The molecular formula is C15H26N4. The van der Waals surface area contributed by atoms with Gasteiger partial charge in [0, 0.05) is 31.4 Å². The molecular weight excluding hydrogens is 236 g/mol. The van der Waals surface area contributed by atoms with Crippen molar-refractivity contribution >= 4 is 0 Å². The number of aromatic nitrogens is 2. The van der Waals surface area contributed by atoms with Crippen LogP contribution < -0.4 is 5.32 Å². The zero-order valence-electron chi connectivity index (χ0n) is 12.6. The van der Waals surface area contributed by atoms with Crippen LogP contribution in [0.1, 0.15) is 52.8 Å². The van der Waals surface area contributed by atoms with Crippen molar-refractivity contribution < 1.29 is 0 Å². The summed E-state index contributed by atoms with van der Waals surface area (Å²) in [6.07, 6.45) is 7.88. The van der Waals surface area contributed by atoms with Crippen LogP contribution >= 0.6 is 0 Å². The molecule has 106 valence electrons. The number of nitrogens with one attached hydrogen (secondary N) is 1. The predicted molar refractivity (Wildman–Crippen MR) is 77.7 cm³/mol. The van der Waals surface area contributed by atoms with Crippen molar-refractivity contribution in [2.45, 2.75) is 71.5 Å². The second-order valence-corrected chi connectivity index (χ2v) is 5.59. The van der Waals surface area contributed by atoms with Gasteiger partial charge < -0.3 is 4.57 Å². The molecule has 1 aromatic rings. The van der Waals surface area contributed by atoms with Crippen molar-refractivity contribution in [3.8, 4) is 6.07 Å². The number of rotatable bonds is 8. The summed E-state index contributed by atoms with van der Waals surface area (Å²) in [6, 6.07) is 2.73. The molecule has 1 atom stereocenters. The van der Waals surface area contributed by atoms with E-state index in [9.17, 15) is 5.26 Å². The largest absolute Gasteiger partial charge is 0.335 e. The fourth-order valence-electron chi connectivity index (χ4n) is 2.42. The third-order valence-electron chi connectivity index (χ3n) is 3.30. The first kappa shape index (κ1) is 15.7. The second kappa shape index (κ2) is 7.30. The highest BCUT2D eigenvalue weighted by molar-refractivity contribution is 5.04. The molecule has 0 fully saturated rings. The normalized spacial score (nSPS) is 14.3. The van der Waals surface area contributed by atoms with Crippen LogP contribution in [-0.2, 0) is 13.0 Å². The summed E-state index contributed by atoms with van der Waals surface area (Å²) in [4.78, 5) is 4.32. The molecule has 0 bridgehead atoms. The van der Waals surface area contributed by atoms with Crippen LogP contribution in [0.2, 0.25) is 0 Å². The summed E-state index contributed by atoms with van der Waals surface area (Å²) in [7, 11) is 0. The van der Waals surface area contributed by atoms with Gasteiger partial charge in [0.25, 0.3) is 0 Å². The highest BCUT2D eigenvalue weighted by atomic mass is 15.1. The maximum Gasteiger partial charge on any atom is 0.108 e. The van der Waals surface area contributed by atoms with Crippen LogP contribution in [0, 0.1) is 11.3 Å². The van der Waals surface area contributed by atoms with Gasteiger partial charge in [-0.2, -0.15) is 5.26 Å². The van der Waals surface area contributed by atoms with Gasteiger partial charge in [0.2, 0.25) is 0 Å². The van der Waals surface area contributed by atoms with Gasteiger partial charge in [0.05, 0.1) is 6.07 Å². The standard InChI is InChI=1S/C15H26N4/c1-5-14-17-9-11-19(14)10-7-6-8-15(4,12-16)18-13(2)3/h9,11,13,18H,5-8,10H2,1-4H3. The Hall–Kier alpha value is -1.34. The fraction of sp³-hybridized carbons (Fsp3) is 0.733. The van der Waals surface area contributed by atoms with Gasteiger partial charge in [-0.3, -0.25) is 5.32 Å². The van der Waals surface area contributed by atoms with E-state index in [-0.39, 0.29) is 0 Å². The molecule has 4 heteroatoms. The van der Waals surface area contributed by atoms with Crippen LogP contribution in [-0.4, -0.2) is 21.1 Å². The lowest BCUT2D eigenvalue weighted by molar-refractivity contribution is 0.365. The van der Waals surface area contributed by atoms with E-state index >= 15 is 0 Å². The molecule has 1 aromatic heterocycles. The zero-order chi connectivity index (χ0) is 14.3. The van der Waals surface area contributed by atoms with Crippen molar-refractivity contribution in [2.24, 2.45) is 0 Å². The van der Waals surface area contributed by atoms with Crippen molar-refractivity contribution in [3.63, 3.8) is 0 Å². The molecule has 0 saturated carbocycles. The number of hydrogen-bond acceptors (Lipinski definition) is 3. The topological polar surface area (TPSA) is 53.6 Å². The zero-order valence-corrected chi connectivity index (χ0v) is 12.6. The number of nitrogens with zero attached hydrogens (tertiary/aromatic N) is 3. The van der Waals surface area contributed by atoms with Crippen LogP contribution in [0.4, 0.5) is 0 Å². The smallest absolute Gasteiger partial charge is 0.108 e. The molecule has 0 aromatic carbocycles. The van der Waals surface area contributed by atoms with Crippen LogP contribution in [0.15, 0.2) is 12.4 Å². The van der Waals surface area contributed by atoms with E-state index in [4.69, 9.17) is 0 Å². The fourth-order valence-corrected chi connectivity index (χ4v) is 2.42. The van der Waals surface area contributed by atoms with Gasteiger partial charge in [-0.25, -0.2) is 4.98 Å². The lowest BCUT2D eigenvalue weighted by Crippen LogP contribution is -2.44. The minimum Gasteiger partial charge on any atom is -0.335 e. The van der Waals surface area contributed by atoms with Crippen LogP contribution in [0.25, 0.3) is 0 Å². The summed E-state index contributed by atoms with van der Waals surface area (Å²) in [5.41, 5.74) is -0.406. The number of imidazole rings is 1. The van der Waals surface area contributed by atoms with Gasteiger partial charge in [-0.05, 0) is 40.0 Å². The lowest BCUT2D eigenvalue weighted by Gasteiger charge is -2.25. The first-order chi connectivity index (χ1) is 9.00. The second-order valence-electron chi connectivity index (χ2n) is 5.59. The number of hydrogen-bond donors (Lipinski definition) is 1. The Balaban J connectivity index is 2.36. The molecule has 1 N–H and O–H groups in total. The Kier molecular flexibility index (Phi) is 6.04. The average molecular weight is 262 g/mol. The summed E-state index contributed by atoms with van der Waals surface area (Å²) in [5, 5.41) is 12.6. The first-order valence-corrected chi connectivity index (χ1v) is 7.19. The Morgan fingerprint density at radius 2 is 2.21 bits per heavy atom. The highest BCUT2D eigenvalue weighted by Crippen LogP contribution is 2.14. The minimum absolute atomic E-state index is 0.338. The van der Waals surface area contributed by atoms with E-state index in [1.165, 1.54) is 0 Å². The summed E-state index contributed by atoms with van der Waals surface area (Å²) >= 11 is 0. The van der Waals surface area contributed by atoms with Gasteiger partial charge in [0.1, 0.15) is 11.4 Å². The van der Waals surface area contributed by atoms with E-state index < -0.39 is 5.54 Å². The molecule has 1 rings (SSSR count). The van der Waals surface area contributed by atoms with Crippen LogP contribution in [0.5, 0.6) is 0 Å². The van der Waals surface area contributed by atoms with Gasteiger partial charge in [0.15, 0.2) is 0 Å². The highest BCUT2D eigenvalue weighted by Gasteiger charge is 2.23. The summed E-state index contributed by atoms with van der Waals surface area (Å²) in [6.45, 7) is 9.26. The molecule has 0 aliphatic rings. The Labute approximate surface area is 116 Å². The minimum atomic E-state index is -0.406. The van der Waals surface area contributed by atoms with Gasteiger partial charge in [-0.1, -0.05) is 6.92 Å². The van der Waals surface area contributed by atoms with E-state index in [2.05, 4.69) is 41.7 Å². The van der Waals surface area contributed by atoms with Crippen molar-refractivity contribution in [1.29, 1.82) is 5.26 Å². The van der Waals surface area contributed by atoms with Gasteiger partial charge >= 0.3 is 0 Å². The molecule has 0 saturated heterocycles. The SMILES string of the molecule is CCc1nccn1CCCCC(C)(C#N)NC(C)C. The average Bonchev–Trinajstić information content (AvgIpc) is 2.81. The van der Waals surface area contributed by atoms with E-state index in [0.717, 1.165) is 38.1 Å². The van der Waals surface area contributed by atoms with E-state index in [0.29, 0.717) is 6.04 Å². The molecule has 0 aliphatic heterocycles. The number of unbranched alkanes of at least 4 members (excludes halogenated alkanes) is 1. The quantitative estimate of drug-likeness (QED) is 0.733. The summed E-state index contributed by atoms with van der Waals surface area (Å²) in [5.74, 6) is 1.14.